The highest BCUT2D eigenvalue weighted by Gasteiger charge is 2.29. The Kier molecular flexibility index (Phi) is 6.07. The number of halogens is 2. The second kappa shape index (κ2) is 8.31. The van der Waals surface area contributed by atoms with Gasteiger partial charge in [0.1, 0.15) is 5.82 Å². The SMILES string of the molecule is CC(C)n1nccc1NC(=O)[C@@H]1CCCN(C(=O)c2ccc(Cl)c(Cl)c2)C1. The van der Waals surface area contributed by atoms with Crippen LogP contribution in [0.4, 0.5) is 5.82 Å². The summed E-state index contributed by atoms with van der Waals surface area (Å²) in [6.07, 6.45) is 3.18. The van der Waals surface area contributed by atoms with Gasteiger partial charge in [0.25, 0.3) is 5.91 Å². The molecule has 2 heterocycles. The van der Waals surface area contributed by atoms with Crippen LogP contribution in [0.5, 0.6) is 0 Å². The van der Waals surface area contributed by atoms with Gasteiger partial charge >= 0.3 is 0 Å². The molecule has 1 N–H and O–H groups in total. The number of amides is 2. The third-order valence-electron chi connectivity index (χ3n) is 4.66. The number of benzene rings is 1. The third kappa shape index (κ3) is 4.45. The second-order valence-electron chi connectivity index (χ2n) is 6.96. The Balaban J connectivity index is 1.68. The highest BCUT2D eigenvalue weighted by atomic mass is 35.5. The number of likely N-dealkylation sites (tertiary alicyclic amines) is 1. The summed E-state index contributed by atoms with van der Waals surface area (Å²) in [6.45, 7) is 5.00. The van der Waals surface area contributed by atoms with Crippen LogP contribution < -0.4 is 5.32 Å². The molecule has 0 saturated carbocycles. The molecule has 8 heteroatoms. The van der Waals surface area contributed by atoms with E-state index in [-0.39, 0.29) is 23.8 Å². The van der Waals surface area contributed by atoms with Crippen molar-refractivity contribution in [2.75, 3.05) is 18.4 Å². The Morgan fingerprint density at radius 2 is 2.00 bits per heavy atom. The molecule has 1 atom stereocenters. The molecule has 1 aromatic heterocycles. The molecule has 1 aliphatic rings. The van der Waals surface area contributed by atoms with Crippen molar-refractivity contribution in [3.8, 4) is 0 Å². The van der Waals surface area contributed by atoms with Crippen LogP contribution in [0, 0.1) is 5.92 Å². The number of hydrogen-bond donors (Lipinski definition) is 1. The minimum atomic E-state index is -0.263. The molecule has 0 spiro atoms. The van der Waals surface area contributed by atoms with Gasteiger partial charge < -0.3 is 10.2 Å². The van der Waals surface area contributed by atoms with E-state index >= 15 is 0 Å². The van der Waals surface area contributed by atoms with Gasteiger partial charge in [0.05, 0.1) is 22.2 Å². The summed E-state index contributed by atoms with van der Waals surface area (Å²) < 4.78 is 1.76. The largest absolute Gasteiger partial charge is 0.338 e. The van der Waals surface area contributed by atoms with Crippen molar-refractivity contribution in [1.29, 1.82) is 0 Å². The van der Waals surface area contributed by atoms with Gasteiger partial charge in [-0.15, -0.1) is 0 Å². The highest BCUT2D eigenvalue weighted by molar-refractivity contribution is 6.42. The van der Waals surface area contributed by atoms with Gasteiger partial charge in [0.2, 0.25) is 5.91 Å². The van der Waals surface area contributed by atoms with Crippen molar-refractivity contribution >= 4 is 40.8 Å². The van der Waals surface area contributed by atoms with Gasteiger partial charge in [-0.05, 0) is 44.9 Å². The van der Waals surface area contributed by atoms with Gasteiger partial charge in [-0.25, -0.2) is 4.68 Å². The van der Waals surface area contributed by atoms with Gasteiger partial charge in [-0.3, -0.25) is 9.59 Å². The first-order valence-electron chi connectivity index (χ1n) is 8.95. The molecule has 1 aliphatic heterocycles. The number of piperidine rings is 1. The van der Waals surface area contributed by atoms with Gasteiger partial charge in [0.15, 0.2) is 0 Å². The maximum atomic E-state index is 12.8. The Bertz CT molecular complexity index is 850. The second-order valence-corrected chi connectivity index (χ2v) is 7.78. The lowest BCUT2D eigenvalue weighted by atomic mass is 9.96. The molecule has 2 aromatic rings. The molecule has 27 heavy (non-hydrogen) atoms. The average Bonchev–Trinajstić information content (AvgIpc) is 3.12. The fourth-order valence-corrected chi connectivity index (χ4v) is 3.54. The lowest BCUT2D eigenvalue weighted by Gasteiger charge is -2.32. The Labute approximate surface area is 168 Å². The molecule has 1 saturated heterocycles. The standard InChI is InChI=1S/C19H22Cl2N4O2/c1-12(2)25-17(7-8-22-25)23-18(26)14-4-3-9-24(11-14)19(27)13-5-6-15(20)16(21)10-13/h5-8,10,12,14H,3-4,9,11H2,1-2H3,(H,23,26)/t14-/m1/s1. The number of nitrogens with one attached hydrogen (secondary N) is 1. The summed E-state index contributed by atoms with van der Waals surface area (Å²) >= 11 is 11.9. The highest BCUT2D eigenvalue weighted by Crippen LogP contribution is 2.25. The summed E-state index contributed by atoms with van der Waals surface area (Å²) in [7, 11) is 0. The lowest BCUT2D eigenvalue weighted by Crippen LogP contribution is -2.44. The zero-order chi connectivity index (χ0) is 19.6. The normalized spacial score (nSPS) is 17.2. The molecule has 1 aromatic carbocycles. The maximum Gasteiger partial charge on any atom is 0.253 e. The Morgan fingerprint density at radius 3 is 2.70 bits per heavy atom. The van der Waals surface area contributed by atoms with E-state index in [4.69, 9.17) is 23.2 Å². The molecule has 144 valence electrons. The number of anilines is 1. The number of hydrogen-bond acceptors (Lipinski definition) is 3. The summed E-state index contributed by atoms with van der Waals surface area (Å²) in [4.78, 5) is 27.2. The van der Waals surface area contributed by atoms with Gasteiger partial charge in [-0.1, -0.05) is 23.2 Å². The van der Waals surface area contributed by atoms with Crippen LogP contribution in [0.1, 0.15) is 43.1 Å². The monoisotopic (exact) mass is 408 g/mol. The van der Waals surface area contributed by atoms with Crippen LogP contribution in [0.15, 0.2) is 30.5 Å². The molecule has 3 rings (SSSR count). The fraction of sp³-hybridized carbons (Fsp3) is 0.421. The molecular formula is C19H22Cl2N4O2. The Hall–Kier alpha value is -2.05. The zero-order valence-electron chi connectivity index (χ0n) is 15.3. The molecule has 0 aliphatic carbocycles. The minimum absolute atomic E-state index is 0.0935. The average molecular weight is 409 g/mol. The first-order valence-corrected chi connectivity index (χ1v) is 9.71. The molecule has 2 amide bonds. The van der Waals surface area contributed by atoms with Crippen LogP contribution in [-0.4, -0.2) is 39.6 Å². The van der Waals surface area contributed by atoms with Crippen molar-refractivity contribution in [3.63, 3.8) is 0 Å². The van der Waals surface area contributed by atoms with Gasteiger partial charge in [0, 0.05) is 30.8 Å². The van der Waals surface area contributed by atoms with Crippen LogP contribution in [0.25, 0.3) is 0 Å². The first kappa shape index (κ1) is 19.7. The first-order chi connectivity index (χ1) is 12.9. The van der Waals surface area contributed by atoms with E-state index in [0.29, 0.717) is 34.5 Å². The summed E-state index contributed by atoms with van der Waals surface area (Å²) in [5.41, 5.74) is 0.475. The molecule has 0 bridgehead atoms. The predicted octanol–water partition coefficient (Wildman–Crippen LogP) is 4.26. The van der Waals surface area contributed by atoms with Crippen molar-refractivity contribution in [2.24, 2.45) is 5.92 Å². The Morgan fingerprint density at radius 1 is 1.22 bits per heavy atom. The van der Waals surface area contributed by atoms with Crippen molar-refractivity contribution in [3.05, 3.63) is 46.1 Å². The van der Waals surface area contributed by atoms with Crippen LogP contribution in [-0.2, 0) is 4.79 Å². The molecule has 0 unspecified atom stereocenters. The van der Waals surface area contributed by atoms with Crippen LogP contribution >= 0.6 is 23.2 Å². The van der Waals surface area contributed by atoms with E-state index < -0.39 is 0 Å². The van der Waals surface area contributed by atoms with E-state index in [0.717, 1.165) is 12.8 Å². The van der Waals surface area contributed by atoms with E-state index in [1.165, 1.54) is 0 Å². The topological polar surface area (TPSA) is 67.2 Å². The number of rotatable bonds is 4. The predicted molar refractivity (Wildman–Crippen MR) is 106 cm³/mol. The summed E-state index contributed by atoms with van der Waals surface area (Å²) in [5, 5.41) is 7.92. The van der Waals surface area contributed by atoms with E-state index in [9.17, 15) is 9.59 Å². The van der Waals surface area contributed by atoms with E-state index in [1.54, 1.807) is 40.0 Å². The summed E-state index contributed by atoms with van der Waals surface area (Å²) in [5.74, 6) is 0.172. The number of carbonyl (C=O) groups excluding carboxylic acids is 2. The van der Waals surface area contributed by atoms with Gasteiger partial charge in [-0.2, -0.15) is 5.10 Å². The maximum absolute atomic E-state index is 12.8. The van der Waals surface area contributed by atoms with E-state index in [1.807, 2.05) is 13.8 Å². The van der Waals surface area contributed by atoms with E-state index in [2.05, 4.69) is 10.4 Å². The van der Waals surface area contributed by atoms with Crippen molar-refractivity contribution < 1.29 is 9.59 Å². The number of nitrogens with zero attached hydrogens (tertiary/aromatic N) is 3. The number of aromatic nitrogens is 2. The van der Waals surface area contributed by atoms with Crippen molar-refractivity contribution in [2.45, 2.75) is 32.7 Å². The van der Waals surface area contributed by atoms with Crippen LogP contribution in [0.3, 0.4) is 0 Å². The molecular weight excluding hydrogens is 387 g/mol. The minimum Gasteiger partial charge on any atom is -0.338 e. The summed E-state index contributed by atoms with van der Waals surface area (Å²) in [6, 6.07) is 6.75. The quantitative estimate of drug-likeness (QED) is 0.821. The molecule has 1 fully saturated rings. The molecule has 6 nitrogen and oxygen atoms in total. The lowest BCUT2D eigenvalue weighted by molar-refractivity contribution is -0.121. The van der Waals surface area contributed by atoms with Crippen molar-refractivity contribution in [1.82, 2.24) is 14.7 Å². The van der Waals surface area contributed by atoms with Crippen LogP contribution in [0.2, 0.25) is 10.0 Å². The number of carbonyl (C=O) groups is 2. The fourth-order valence-electron chi connectivity index (χ4n) is 3.24. The third-order valence-corrected chi connectivity index (χ3v) is 5.40. The molecule has 0 radical (unpaired) electrons. The zero-order valence-corrected chi connectivity index (χ0v) is 16.8. The smallest absolute Gasteiger partial charge is 0.253 e.